The van der Waals surface area contributed by atoms with Crippen LogP contribution in [0.25, 0.3) is 38.6 Å². The number of para-hydroxylation sites is 2. The predicted molar refractivity (Wildman–Crippen MR) is 379 cm³/mol. The number of fused-ring (bicyclic) bond motifs is 7. The van der Waals surface area contributed by atoms with Gasteiger partial charge in [0.05, 0.1) is 23.1 Å². The summed E-state index contributed by atoms with van der Waals surface area (Å²) in [7, 11) is 0. The van der Waals surface area contributed by atoms with Crippen LogP contribution in [0, 0.1) is 23.7 Å². The maximum absolute atomic E-state index is 3.07. The van der Waals surface area contributed by atoms with Crippen molar-refractivity contribution in [3.05, 3.63) is 203 Å². The Kier molecular flexibility index (Phi) is 14.8. The van der Waals surface area contributed by atoms with Crippen LogP contribution in [0.2, 0.25) is 0 Å². The quantitative estimate of drug-likeness (QED) is 0.111. The Morgan fingerprint density at radius 2 is 0.898 bits per heavy atom. The number of anilines is 4. The predicted octanol–water partition coefficient (Wildman–Crippen LogP) is 20.9. The molecule has 0 spiro atoms. The standard InChI is InChI=1S/C84H96BN3/c1-82(2,3)61-48-60(49-62(51-61)83(4,5)6)59-44-46-71-75(50-59)87(80-65(55-28-14-10-15-29-55)38-26-39-66(80)56-30-16-11-17-31-56)77-52-63(84(7,8)9)53-78-79(77)85(71)72-47-45-64(86-73-42-24-22-36-69(73)70-37-23-25-43-74(70)86)54-76(72)88(78)81-67(57-32-18-12-19-33-57)40-27-41-68(81)58-34-20-13-21-35-58/h10,12,14,18,22-25,30,34,36-38,40,42-55,57,66,68,80-81H,11,13,15-17,19-21,26-29,31-33,35,39,41H2,1-9H3. The molecule has 3 nitrogen and oxygen atoms in total. The molecule has 0 amide bonds. The van der Waals surface area contributed by atoms with Crippen LogP contribution in [0.3, 0.4) is 0 Å². The van der Waals surface area contributed by atoms with E-state index >= 15 is 0 Å². The van der Waals surface area contributed by atoms with Crippen LogP contribution in [-0.4, -0.2) is 23.4 Å². The number of benzene rings is 6. The first kappa shape index (κ1) is 57.7. The van der Waals surface area contributed by atoms with Crippen molar-refractivity contribution in [3.8, 4) is 16.8 Å². The van der Waals surface area contributed by atoms with E-state index in [0.717, 1.165) is 38.5 Å². The van der Waals surface area contributed by atoms with E-state index in [1.165, 1.54) is 171 Å². The summed E-state index contributed by atoms with van der Waals surface area (Å²) in [6.45, 7) is 21.9. The second kappa shape index (κ2) is 22.6. The minimum absolute atomic E-state index is 0.00447. The van der Waals surface area contributed by atoms with Gasteiger partial charge in [-0.2, -0.15) is 0 Å². The van der Waals surface area contributed by atoms with Crippen LogP contribution in [0.5, 0.6) is 0 Å². The van der Waals surface area contributed by atoms with E-state index < -0.39 is 0 Å². The zero-order chi connectivity index (χ0) is 60.2. The van der Waals surface area contributed by atoms with E-state index in [2.05, 4.69) is 241 Å². The van der Waals surface area contributed by atoms with E-state index in [0.29, 0.717) is 23.7 Å². The fraction of sp³-hybridized carbons (Fsp3) is 0.429. The van der Waals surface area contributed by atoms with Crippen molar-refractivity contribution in [3.63, 3.8) is 0 Å². The molecule has 3 heterocycles. The first-order chi connectivity index (χ1) is 42.6. The molecule has 0 radical (unpaired) electrons. The third kappa shape index (κ3) is 10.1. The summed E-state index contributed by atoms with van der Waals surface area (Å²) in [4.78, 5) is 6.14. The van der Waals surface area contributed by atoms with E-state index in [9.17, 15) is 0 Å². The van der Waals surface area contributed by atoms with Crippen LogP contribution in [0.15, 0.2) is 186 Å². The van der Waals surface area contributed by atoms with E-state index in [-0.39, 0.29) is 35.0 Å². The molecule has 450 valence electrons. The molecule has 0 bridgehead atoms. The normalized spacial score (nSPS) is 23.9. The highest BCUT2D eigenvalue weighted by Crippen LogP contribution is 2.54. The van der Waals surface area contributed by atoms with Gasteiger partial charge in [0.2, 0.25) is 0 Å². The fourth-order valence-corrected chi connectivity index (χ4v) is 18.0. The highest BCUT2D eigenvalue weighted by atomic mass is 15.2. The first-order valence-electron chi connectivity index (χ1n) is 34.9. The van der Waals surface area contributed by atoms with Gasteiger partial charge in [-0.05, 0) is 241 Å². The molecule has 0 fully saturated rings. The minimum atomic E-state index is -0.127. The second-order valence-electron chi connectivity index (χ2n) is 31.2. The van der Waals surface area contributed by atoms with Crippen LogP contribution in [0.1, 0.15) is 195 Å². The Labute approximate surface area is 528 Å². The van der Waals surface area contributed by atoms with Gasteiger partial charge in [0.1, 0.15) is 0 Å². The summed E-state index contributed by atoms with van der Waals surface area (Å²) in [5.74, 6) is 1.89. The van der Waals surface area contributed by atoms with Gasteiger partial charge >= 0.3 is 0 Å². The summed E-state index contributed by atoms with van der Waals surface area (Å²) in [5, 5.41) is 2.62. The number of allylic oxidation sites excluding steroid dienone is 8. The van der Waals surface area contributed by atoms with Crippen molar-refractivity contribution < 1.29 is 0 Å². The van der Waals surface area contributed by atoms with Crippen molar-refractivity contribution in [2.75, 3.05) is 9.80 Å². The average Bonchev–Trinajstić information content (AvgIpc) is 1.06. The van der Waals surface area contributed by atoms with Gasteiger partial charge in [-0.3, -0.25) is 0 Å². The van der Waals surface area contributed by atoms with Crippen LogP contribution in [-0.2, 0) is 16.2 Å². The highest BCUT2D eigenvalue weighted by molar-refractivity contribution is 7.00. The molecule has 88 heavy (non-hydrogen) atoms. The molecule has 0 saturated heterocycles. The van der Waals surface area contributed by atoms with Crippen LogP contribution in [0.4, 0.5) is 22.7 Å². The molecule has 6 unspecified atom stereocenters. The molecule has 4 heteroatoms. The second-order valence-corrected chi connectivity index (χ2v) is 31.2. The molecule has 6 aromatic carbocycles. The molecular formula is C84H96BN3. The van der Waals surface area contributed by atoms with Crippen molar-refractivity contribution >= 4 is 67.7 Å². The summed E-state index contributed by atoms with van der Waals surface area (Å²) in [6.07, 6.45) is 42.8. The van der Waals surface area contributed by atoms with Crippen molar-refractivity contribution in [1.82, 2.24) is 4.57 Å². The lowest BCUT2D eigenvalue weighted by atomic mass is 9.33. The third-order valence-corrected chi connectivity index (χ3v) is 22.6. The summed E-state index contributed by atoms with van der Waals surface area (Å²) >= 11 is 0. The van der Waals surface area contributed by atoms with E-state index in [1.54, 1.807) is 22.3 Å². The molecular weight excluding hydrogens is 1060 g/mol. The Balaban J connectivity index is 1.06. The molecule has 15 rings (SSSR count). The number of nitrogens with zero attached hydrogens (tertiary/aromatic N) is 3. The van der Waals surface area contributed by atoms with Crippen molar-refractivity contribution in [2.24, 2.45) is 23.7 Å². The highest BCUT2D eigenvalue weighted by Gasteiger charge is 2.51. The summed E-state index contributed by atoms with van der Waals surface area (Å²) in [6, 6.07) is 47.6. The smallest absolute Gasteiger partial charge is 0.252 e. The zero-order valence-corrected chi connectivity index (χ0v) is 54.7. The Morgan fingerprint density at radius 3 is 1.38 bits per heavy atom. The topological polar surface area (TPSA) is 11.4 Å². The largest absolute Gasteiger partial charge is 0.334 e. The number of hydrogen-bond donors (Lipinski definition) is 0. The van der Waals surface area contributed by atoms with E-state index in [4.69, 9.17) is 0 Å². The van der Waals surface area contributed by atoms with Gasteiger partial charge in [-0.1, -0.05) is 195 Å². The summed E-state index contributed by atoms with van der Waals surface area (Å²) in [5.41, 5.74) is 27.6. The molecule has 0 saturated carbocycles. The summed E-state index contributed by atoms with van der Waals surface area (Å²) < 4.78 is 2.60. The third-order valence-electron chi connectivity index (χ3n) is 22.6. The average molecular weight is 1160 g/mol. The number of rotatable bonds is 8. The van der Waals surface area contributed by atoms with Gasteiger partial charge in [0.25, 0.3) is 6.71 Å². The molecule has 7 aromatic rings. The molecule has 6 aliphatic carbocycles. The molecule has 2 aliphatic heterocycles. The van der Waals surface area contributed by atoms with Gasteiger partial charge in [0, 0.05) is 51.0 Å². The van der Waals surface area contributed by atoms with Crippen LogP contribution >= 0.6 is 0 Å². The van der Waals surface area contributed by atoms with Gasteiger partial charge in [0.15, 0.2) is 0 Å². The number of hydrogen-bond acceptors (Lipinski definition) is 2. The van der Waals surface area contributed by atoms with Crippen molar-refractivity contribution in [2.45, 2.75) is 206 Å². The van der Waals surface area contributed by atoms with Crippen molar-refractivity contribution in [1.29, 1.82) is 0 Å². The van der Waals surface area contributed by atoms with Crippen LogP contribution < -0.4 is 26.2 Å². The van der Waals surface area contributed by atoms with Gasteiger partial charge in [-0.25, -0.2) is 0 Å². The Bertz CT molecular complexity index is 3980. The zero-order valence-electron chi connectivity index (χ0n) is 54.7. The lowest BCUT2D eigenvalue weighted by Crippen LogP contribution is -2.65. The van der Waals surface area contributed by atoms with E-state index in [1.807, 2.05) is 0 Å². The maximum atomic E-state index is 3.07. The van der Waals surface area contributed by atoms with Gasteiger partial charge in [-0.15, -0.1) is 0 Å². The lowest BCUT2D eigenvalue weighted by Gasteiger charge is -2.53. The van der Waals surface area contributed by atoms with Gasteiger partial charge < -0.3 is 14.4 Å². The number of aromatic nitrogens is 1. The minimum Gasteiger partial charge on any atom is -0.334 e. The molecule has 1 aromatic heterocycles. The monoisotopic (exact) mass is 1160 g/mol. The lowest BCUT2D eigenvalue weighted by molar-refractivity contribution is 0.391. The Hall–Kier alpha value is -6.78. The molecule has 0 N–H and O–H groups in total. The SMILES string of the molecule is CC(C)(C)c1cc(-c2ccc3c(c2)N(C2C(C4CC=CCC4)=CCCC2C2=CCCCC2)c2cc(C(C)(C)C)cc4c2B3c2ccc(-n3c5ccccc5c5ccccc53)cc2N4C2C(C3CC=CCC3)=CCCC2C2=CCCCC2)cc(C(C)(C)C)c1. The maximum Gasteiger partial charge on any atom is 0.252 e. The first-order valence-corrected chi connectivity index (χ1v) is 34.9. The Morgan fingerprint density at radius 1 is 0.409 bits per heavy atom. The molecule has 6 atom stereocenters. The molecule has 8 aliphatic rings. The fourth-order valence-electron chi connectivity index (χ4n) is 18.0.